The van der Waals surface area contributed by atoms with Gasteiger partial charge in [-0.25, -0.2) is 9.97 Å². The number of benzene rings is 1. The zero-order chi connectivity index (χ0) is 13.1. The minimum Gasteiger partial charge on any atom is -0.492 e. The first kappa shape index (κ1) is 11.8. The van der Waals surface area contributed by atoms with Crippen molar-refractivity contribution in [1.82, 2.24) is 9.97 Å². The third-order valence-electron chi connectivity index (χ3n) is 3.05. The van der Waals surface area contributed by atoms with Crippen molar-refractivity contribution >= 4 is 17.3 Å². The van der Waals surface area contributed by atoms with E-state index in [1.165, 1.54) is 0 Å². The van der Waals surface area contributed by atoms with E-state index < -0.39 is 0 Å². The highest BCUT2D eigenvalue weighted by Gasteiger charge is 2.17. The molecule has 19 heavy (non-hydrogen) atoms. The Bertz CT molecular complexity index is 585. The van der Waals surface area contributed by atoms with Gasteiger partial charge in [-0.1, -0.05) is 12.1 Å². The van der Waals surface area contributed by atoms with Crippen LogP contribution in [0.5, 0.6) is 5.75 Å². The van der Waals surface area contributed by atoms with Crippen molar-refractivity contribution in [2.45, 2.75) is 13.3 Å². The molecule has 0 radical (unpaired) electrons. The molecular formula is C14H16N4O. The van der Waals surface area contributed by atoms with Gasteiger partial charge >= 0.3 is 0 Å². The van der Waals surface area contributed by atoms with E-state index in [-0.39, 0.29) is 0 Å². The van der Waals surface area contributed by atoms with Crippen LogP contribution in [0.4, 0.5) is 17.3 Å². The van der Waals surface area contributed by atoms with Crippen LogP contribution in [0.2, 0.25) is 0 Å². The smallest absolute Gasteiger partial charge is 0.142 e. The molecule has 1 aromatic heterocycles. The van der Waals surface area contributed by atoms with Crippen LogP contribution in [0.1, 0.15) is 12.5 Å². The van der Waals surface area contributed by atoms with E-state index in [4.69, 9.17) is 4.74 Å². The molecule has 2 N–H and O–H groups in total. The Morgan fingerprint density at radius 1 is 1.32 bits per heavy atom. The lowest BCUT2D eigenvalue weighted by Gasteiger charge is -2.13. The normalized spacial score (nSPS) is 12.7. The van der Waals surface area contributed by atoms with Crippen LogP contribution in [0, 0.1) is 0 Å². The molecule has 2 heterocycles. The second-order valence-corrected chi connectivity index (χ2v) is 4.28. The number of nitrogens with one attached hydrogen (secondary N) is 2. The predicted molar refractivity (Wildman–Crippen MR) is 75.1 cm³/mol. The maximum absolute atomic E-state index is 5.61. The number of para-hydroxylation sites is 2. The van der Waals surface area contributed by atoms with Gasteiger partial charge in [-0.05, 0) is 25.5 Å². The van der Waals surface area contributed by atoms with E-state index in [1.54, 1.807) is 6.33 Å². The monoisotopic (exact) mass is 256 g/mol. The Hall–Kier alpha value is -2.30. The summed E-state index contributed by atoms with van der Waals surface area (Å²) in [6.07, 6.45) is 2.51. The van der Waals surface area contributed by atoms with Crippen LogP contribution < -0.4 is 15.4 Å². The molecule has 1 aliphatic rings. The topological polar surface area (TPSA) is 59.1 Å². The molecule has 0 spiro atoms. The maximum atomic E-state index is 5.61. The van der Waals surface area contributed by atoms with Crippen LogP contribution in [0.3, 0.4) is 0 Å². The van der Waals surface area contributed by atoms with Crippen molar-refractivity contribution in [1.29, 1.82) is 0 Å². The van der Waals surface area contributed by atoms with E-state index in [2.05, 4.69) is 20.6 Å². The first-order chi connectivity index (χ1) is 9.38. The van der Waals surface area contributed by atoms with Crippen molar-refractivity contribution in [2.24, 2.45) is 0 Å². The number of ether oxygens (including phenoxy) is 1. The Kier molecular flexibility index (Phi) is 3.18. The SMILES string of the molecule is CCOc1ccccc1Nc1ncnc2c1CCN2. The van der Waals surface area contributed by atoms with E-state index in [1.807, 2.05) is 31.2 Å². The molecule has 3 rings (SSSR count). The summed E-state index contributed by atoms with van der Waals surface area (Å²) < 4.78 is 5.61. The lowest BCUT2D eigenvalue weighted by molar-refractivity contribution is 0.342. The molecule has 0 unspecified atom stereocenters. The standard InChI is InChI=1S/C14H16N4O/c1-2-19-12-6-4-3-5-11(12)18-14-10-7-8-15-13(10)16-9-17-14/h3-6,9H,2,7-8H2,1H3,(H2,15,16,17,18). The fourth-order valence-electron chi connectivity index (χ4n) is 2.19. The van der Waals surface area contributed by atoms with E-state index in [0.29, 0.717) is 6.61 Å². The number of hydrogen-bond donors (Lipinski definition) is 2. The van der Waals surface area contributed by atoms with E-state index in [0.717, 1.165) is 41.6 Å². The average molecular weight is 256 g/mol. The summed E-state index contributed by atoms with van der Waals surface area (Å²) in [6.45, 7) is 3.53. The second kappa shape index (κ2) is 5.14. The Balaban J connectivity index is 1.92. The molecule has 0 fully saturated rings. The quantitative estimate of drug-likeness (QED) is 0.880. The molecule has 1 aromatic carbocycles. The first-order valence-electron chi connectivity index (χ1n) is 6.45. The Labute approximate surface area is 112 Å². The molecule has 5 nitrogen and oxygen atoms in total. The van der Waals surface area contributed by atoms with Gasteiger partial charge in [-0.2, -0.15) is 0 Å². The van der Waals surface area contributed by atoms with Gasteiger partial charge in [0, 0.05) is 12.1 Å². The second-order valence-electron chi connectivity index (χ2n) is 4.28. The predicted octanol–water partition coefficient (Wildman–Crippen LogP) is 2.59. The van der Waals surface area contributed by atoms with Crippen molar-refractivity contribution in [3.8, 4) is 5.75 Å². The van der Waals surface area contributed by atoms with Gasteiger partial charge in [0.1, 0.15) is 23.7 Å². The van der Waals surface area contributed by atoms with Crippen molar-refractivity contribution in [3.05, 3.63) is 36.2 Å². The van der Waals surface area contributed by atoms with Crippen LogP contribution in [0.15, 0.2) is 30.6 Å². The van der Waals surface area contributed by atoms with Crippen molar-refractivity contribution < 1.29 is 4.74 Å². The van der Waals surface area contributed by atoms with Crippen LogP contribution in [-0.4, -0.2) is 23.1 Å². The van der Waals surface area contributed by atoms with Gasteiger partial charge in [0.15, 0.2) is 0 Å². The molecule has 0 bridgehead atoms. The summed E-state index contributed by atoms with van der Waals surface area (Å²) in [5.74, 6) is 2.61. The number of aromatic nitrogens is 2. The molecule has 1 aliphatic heterocycles. The molecule has 2 aromatic rings. The van der Waals surface area contributed by atoms with Crippen molar-refractivity contribution in [2.75, 3.05) is 23.8 Å². The highest BCUT2D eigenvalue weighted by Crippen LogP contribution is 2.31. The summed E-state index contributed by atoms with van der Waals surface area (Å²) in [5, 5.41) is 6.59. The molecule has 0 saturated carbocycles. The van der Waals surface area contributed by atoms with E-state index >= 15 is 0 Å². The van der Waals surface area contributed by atoms with Gasteiger partial charge in [0.25, 0.3) is 0 Å². The lowest BCUT2D eigenvalue weighted by Crippen LogP contribution is -2.01. The third kappa shape index (κ3) is 2.31. The minimum absolute atomic E-state index is 0.641. The zero-order valence-corrected chi connectivity index (χ0v) is 10.8. The number of anilines is 3. The van der Waals surface area contributed by atoms with Crippen LogP contribution in [-0.2, 0) is 6.42 Å². The largest absolute Gasteiger partial charge is 0.492 e. The van der Waals surface area contributed by atoms with Gasteiger partial charge < -0.3 is 15.4 Å². The molecular weight excluding hydrogens is 240 g/mol. The van der Waals surface area contributed by atoms with Crippen LogP contribution in [0.25, 0.3) is 0 Å². The molecule has 98 valence electrons. The van der Waals surface area contributed by atoms with E-state index in [9.17, 15) is 0 Å². The Morgan fingerprint density at radius 3 is 3.11 bits per heavy atom. The third-order valence-corrected chi connectivity index (χ3v) is 3.05. The highest BCUT2D eigenvalue weighted by molar-refractivity contribution is 5.70. The fraction of sp³-hybridized carbons (Fsp3) is 0.286. The summed E-state index contributed by atoms with van der Waals surface area (Å²) in [6, 6.07) is 7.88. The van der Waals surface area contributed by atoms with Gasteiger partial charge in [-0.3, -0.25) is 0 Å². The molecule has 5 heteroatoms. The van der Waals surface area contributed by atoms with Crippen molar-refractivity contribution in [3.63, 3.8) is 0 Å². The summed E-state index contributed by atoms with van der Waals surface area (Å²) in [7, 11) is 0. The highest BCUT2D eigenvalue weighted by atomic mass is 16.5. The number of rotatable bonds is 4. The number of fused-ring (bicyclic) bond motifs is 1. The molecule has 0 atom stereocenters. The number of nitrogens with zero attached hydrogens (tertiary/aromatic N) is 2. The molecule has 0 aliphatic carbocycles. The van der Waals surface area contributed by atoms with Gasteiger partial charge in [0.2, 0.25) is 0 Å². The maximum Gasteiger partial charge on any atom is 0.142 e. The fourth-order valence-corrected chi connectivity index (χ4v) is 2.19. The lowest BCUT2D eigenvalue weighted by atomic mass is 10.2. The molecule has 0 saturated heterocycles. The van der Waals surface area contributed by atoms with Gasteiger partial charge in [-0.15, -0.1) is 0 Å². The Morgan fingerprint density at radius 2 is 2.21 bits per heavy atom. The summed E-state index contributed by atoms with van der Waals surface area (Å²) in [5.41, 5.74) is 2.06. The first-order valence-corrected chi connectivity index (χ1v) is 6.45. The van der Waals surface area contributed by atoms with Crippen LogP contribution >= 0.6 is 0 Å². The molecule has 0 amide bonds. The average Bonchev–Trinajstić information content (AvgIpc) is 2.91. The minimum atomic E-state index is 0.641. The zero-order valence-electron chi connectivity index (χ0n) is 10.8. The number of hydrogen-bond acceptors (Lipinski definition) is 5. The summed E-state index contributed by atoms with van der Waals surface area (Å²) in [4.78, 5) is 8.56. The van der Waals surface area contributed by atoms with Gasteiger partial charge in [0.05, 0.1) is 12.3 Å². The summed E-state index contributed by atoms with van der Waals surface area (Å²) >= 11 is 0.